The van der Waals surface area contributed by atoms with E-state index in [0.717, 1.165) is 21.7 Å². The van der Waals surface area contributed by atoms with Gasteiger partial charge in [-0.05, 0) is 32.4 Å². The summed E-state index contributed by atoms with van der Waals surface area (Å²) in [5, 5.41) is 3.46. The number of thiazole rings is 1. The van der Waals surface area contributed by atoms with Gasteiger partial charge >= 0.3 is 0 Å². The summed E-state index contributed by atoms with van der Waals surface area (Å²) >= 11 is 1.49. The van der Waals surface area contributed by atoms with E-state index in [4.69, 9.17) is 0 Å². The molecule has 0 unspecified atom stereocenters. The molecule has 1 aromatic heterocycles. The highest BCUT2D eigenvalue weighted by Crippen LogP contribution is 2.30. The second-order valence-electron chi connectivity index (χ2n) is 6.02. The van der Waals surface area contributed by atoms with Crippen molar-refractivity contribution in [3.05, 3.63) is 76.2 Å². The van der Waals surface area contributed by atoms with Crippen molar-refractivity contribution >= 4 is 28.5 Å². The largest absolute Gasteiger partial charge is 0.298 e. The van der Waals surface area contributed by atoms with Crippen molar-refractivity contribution in [1.82, 2.24) is 4.98 Å². The van der Waals surface area contributed by atoms with Gasteiger partial charge in [-0.15, -0.1) is 11.3 Å². The number of anilines is 1. The summed E-state index contributed by atoms with van der Waals surface area (Å²) in [4.78, 5) is 17.8. The van der Waals surface area contributed by atoms with Crippen LogP contribution in [0.4, 0.5) is 5.13 Å². The second kappa shape index (κ2) is 7.45. The Balaban J connectivity index is 1.70. The van der Waals surface area contributed by atoms with Crippen LogP contribution in [0.15, 0.2) is 54.6 Å². The van der Waals surface area contributed by atoms with Crippen LogP contribution in [0.1, 0.15) is 21.6 Å². The number of hydrogen-bond acceptors (Lipinski definition) is 3. The average Bonchev–Trinajstić information content (AvgIpc) is 2.95. The molecule has 0 bridgehead atoms. The first-order valence-corrected chi connectivity index (χ1v) is 8.93. The van der Waals surface area contributed by atoms with Gasteiger partial charge < -0.3 is 0 Å². The monoisotopic (exact) mass is 348 g/mol. The fourth-order valence-corrected chi connectivity index (χ4v) is 3.26. The van der Waals surface area contributed by atoms with Crippen molar-refractivity contribution < 1.29 is 4.79 Å². The molecule has 25 heavy (non-hydrogen) atoms. The van der Waals surface area contributed by atoms with Crippen molar-refractivity contribution in [3.63, 3.8) is 0 Å². The zero-order valence-electron chi connectivity index (χ0n) is 14.5. The highest BCUT2D eigenvalue weighted by atomic mass is 32.1. The van der Waals surface area contributed by atoms with Crippen LogP contribution in [0.3, 0.4) is 0 Å². The molecule has 0 aliphatic heterocycles. The highest BCUT2D eigenvalue weighted by Gasteiger charge is 2.11. The first-order valence-electron chi connectivity index (χ1n) is 8.11. The third-order valence-electron chi connectivity index (χ3n) is 3.86. The van der Waals surface area contributed by atoms with Crippen LogP contribution < -0.4 is 5.32 Å². The molecule has 0 aliphatic carbocycles. The van der Waals surface area contributed by atoms with E-state index in [0.29, 0.717) is 5.13 Å². The van der Waals surface area contributed by atoms with Crippen LogP contribution >= 0.6 is 11.3 Å². The topological polar surface area (TPSA) is 42.0 Å². The summed E-state index contributed by atoms with van der Waals surface area (Å²) in [5.41, 5.74) is 5.39. The predicted molar refractivity (Wildman–Crippen MR) is 106 cm³/mol. The van der Waals surface area contributed by atoms with Crippen molar-refractivity contribution in [1.29, 1.82) is 0 Å². The number of carbonyl (C=O) groups excluding carboxylic acids is 1. The van der Waals surface area contributed by atoms with Gasteiger partial charge in [0, 0.05) is 16.5 Å². The predicted octanol–water partition coefficient (Wildman–Crippen LogP) is 5.39. The van der Waals surface area contributed by atoms with Crippen molar-refractivity contribution in [2.24, 2.45) is 0 Å². The Labute approximate surface area is 152 Å². The van der Waals surface area contributed by atoms with Crippen molar-refractivity contribution in [3.8, 4) is 11.3 Å². The molecule has 1 heterocycles. The number of rotatable bonds is 4. The molecule has 3 aromatic rings. The molecule has 0 spiro atoms. The van der Waals surface area contributed by atoms with E-state index >= 15 is 0 Å². The lowest BCUT2D eigenvalue weighted by Crippen LogP contribution is -2.07. The number of aryl methyl sites for hydroxylation is 3. The first-order chi connectivity index (χ1) is 12.0. The number of benzene rings is 2. The minimum atomic E-state index is -0.176. The molecule has 0 saturated heterocycles. The van der Waals surface area contributed by atoms with E-state index in [2.05, 4.69) is 41.5 Å². The zero-order chi connectivity index (χ0) is 17.8. The molecule has 126 valence electrons. The first kappa shape index (κ1) is 17.1. The van der Waals surface area contributed by atoms with Gasteiger partial charge in [0.1, 0.15) is 0 Å². The van der Waals surface area contributed by atoms with Crippen LogP contribution in [0.5, 0.6) is 0 Å². The Morgan fingerprint density at radius 1 is 0.960 bits per heavy atom. The summed E-state index contributed by atoms with van der Waals surface area (Å²) < 4.78 is 0. The van der Waals surface area contributed by atoms with E-state index in [1.807, 2.05) is 38.1 Å². The van der Waals surface area contributed by atoms with Gasteiger partial charge in [-0.2, -0.15) is 0 Å². The summed E-state index contributed by atoms with van der Waals surface area (Å²) in [6.07, 6.45) is 3.34. The number of nitrogens with zero attached hydrogens (tertiary/aromatic N) is 1. The molecule has 0 fully saturated rings. The van der Waals surface area contributed by atoms with E-state index in [9.17, 15) is 4.79 Å². The molecule has 3 nitrogen and oxygen atoms in total. The van der Waals surface area contributed by atoms with Gasteiger partial charge in [0.05, 0.1) is 5.69 Å². The molecule has 3 rings (SSSR count). The van der Waals surface area contributed by atoms with Gasteiger partial charge in [0.2, 0.25) is 5.91 Å². The number of amides is 1. The number of carbonyl (C=O) groups is 1. The Bertz CT molecular complexity index is 906. The number of aromatic nitrogens is 1. The Hall–Kier alpha value is -2.72. The Morgan fingerprint density at radius 3 is 2.20 bits per heavy atom. The quantitative estimate of drug-likeness (QED) is 0.643. The Morgan fingerprint density at radius 2 is 1.56 bits per heavy atom. The average molecular weight is 348 g/mol. The van der Waals surface area contributed by atoms with Gasteiger partial charge in [-0.1, -0.05) is 59.7 Å². The summed E-state index contributed by atoms with van der Waals surface area (Å²) in [7, 11) is 0. The van der Waals surface area contributed by atoms with Crippen LogP contribution in [0.25, 0.3) is 17.3 Å². The van der Waals surface area contributed by atoms with Crippen LogP contribution in [-0.4, -0.2) is 10.9 Å². The fourth-order valence-electron chi connectivity index (χ4n) is 2.43. The Kier molecular flexibility index (Phi) is 5.10. The smallest absolute Gasteiger partial charge is 0.250 e. The van der Waals surface area contributed by atoms with Crippen LogP contribution in [0, 0.1) is 20.8 Å². The standard InChI is InChI=1S/C21H20N2OS/c1-14-4-8-17(9-5-14)10-13-19(24)22-21-23-20(16(3)25-21)18-11-6-15(2)7-12-18/h4-13H,1-3H3,(H,22,23,24)/b13-10+. The van der Waals surface area contributed by atoms with E-state index in [1.165, 1.54) is 28.5 Å². The molecular weight excluding hydrogens is 328 g/mol. The zero-order valence-corrected chi connectivity index (χ0v) is 15.4. The minimum Gasteiger partial charge on any atom is -0.298 e. The lowest BCUT2D eigenvalue weighted by atomic mass is 10.1. The second-order valence-corrected chi connectivity index (χ2v) is 7.23. The molecule has 2 aromatic carbocycles. The molecule has 1 amide bonds. The minimum absolute atomic E-state index is 0.176. The number of nitrogens with one attached hydrogen (secondary N) is 1. The van der Waals surface area contributed by atoms with Crippen molar-refractivity contribution in [2.45, 2.75) is 20.8 Å². The summed E-state index contributed by atoms with van der Waals surface area (Å²) in [5.74, 6) is -0.176. The highest BCUT2D eigenvalue weighted by molar-refractivity contribution is 7.16. The lowest BCUT2D eigenvalue weighted by Gasteiger charge is -1.99. The third-order valence-corrected chi connectivity index (χ3v) is 4.74. The molecule has 0 saturated carbocycles. The van der Waals surface area contributed by atoms with Crippen LogP contribution in [-0.2, 0) is 4.79 Å². The maximum absolute atomic E-state index is 12.1. The van der Waals surface area contributed by atoms with E-state index < -0.39 is 0 Å². The number of hydrogen-bond donors (Lipinski definition) is 1. The lowest BCUT2D eigenvalue weighted by molar-refractivity contribution is -0.111. The molecule has 0 aliphatic rings. The fraction of sp³-hybridized carbons (Fsp3) is 0.143. The normalized spacial score (nSPS) is 11.0. The van der Waals surface area contributed by atoms with Gasteiger partial charge in [-0.25, -0.2) is 4.98 Å². The third kappa shape index (κ3) is 4.43. The molecule has 0 atom stereocenters. The summed E-state index contributed by atoms with van der Waals surface area (Å²) in [6.45, 7) is 6.12. The van der Waals surface area contributed by atoms with E-state index in [-0.39, 0.29) is 5.91 Å². The maximum Gasteiger partial charge on any atom is 0.250 e. The van der Waals surface area contributed by atoms with Gasteiger partial charge in [0.25, 0.3) is 0 Å². The maximum atomic E-state index is 12.1. The molecule has 4 heteroatoms. The van der Waals surface area contributed by atoms with Crippen molar-refractivity contribution in [2.75, 3.05) is 5.32 Å². The van der Waals surface area contributed by atoms with Gasteiger partial charge in [0.15, 0.2) is 5.13 Å². The van der Waals surface area contributed by atoms with Gasteiger partial charge in [-0.3, -0.25) is 10.1 Å². The van der Waals surface area contributed by atoms with Crippen LogP contribution in [0.2, 0.25) is 0 Å². The SMILES string of the molecule is Cc1ccc(/C=C/C(=O)Nc2nc(-c3ccc(C)cc3)c(C)s2)cc1. The molecular formula is C21H20N2OS. The molecule has 0 radical (unpaired) electrons. The molecule has 1 N–H and O–H groups in total. The summed E-state index contributed by atoms with van der Waals surface area (Å²) in [6, 6.07) is 16.3. The van der Waals surface area contributed by atoms with E-state index in [1.54, 1.807) is 6.08 Å².